The van der Waals surface area contributed by atoms with Crippen LogP contribution in [0.4, 0.5) is 0 Å². The van der Waals surface area contributed by atoms with Crippen LogP contribution in [0.15, 0.2) is 23.3 Å². The van der Waals surface area contributed by atoms with E-state index in [1.54, 1.807) is 12.1 Å². The molecular formula is C12H14N2O3. The number of rotatable bonds is 4. The molecule has 0 aromatic heterocycles. The van der Waals surface area contributed by atoms with Crippen molar-refractivity contribution in [3.63, 3.8) is 0 Å². The van der Waals surface area contributed by atoms with Crippen LogP contribution in [-0.4, -0.2) is 24.3 Å². The third-order valence-corrected chi connectivity index (χ3v) is 2.54. The molecule has 0 unspecified atom stereocenters. The van der Waals surface area contributed by atoms with E-state index in [0.29, 0.717) is 5.75 Å². The number of ether oxygens (including phenoxy) is 1. The number of carbonyl (C=O) groups excluding carboxylic acids is 1. The summed E-state index contributed by atoms with van der Waals surface area (Å²) in [6, 6.07) is 4.84. The summed E-state index contributed by atoms with van der Waals surface area (Å²) in [5, 5.41) is 13.2. The van der Waals surface area contributed by atoms with Crippen molar-refractivity contribution in [1.29, 1.82) is 0 Å². The number of hydrazone groups is 1. The molecule has 0 aliphatic heterocycles. The lowest BCUT2D eigenvalue weighted by Gasteiger charge is -2.03. The molecule has 1 aromatic carbocycles. The van der Waals surface area contributed by atoms with Crippen molar-refractivity contribution in [1.82, 2.24) is 5.43 Å². The van der Waals surface area contributed by atoms with Crippen molar-refractivity contribution < 1.29 is 14.6 Å². The average Bonchev–Trinajstić information content (AvgIpc) is 3.15. The number of carbonyl (C=O) groups is 1. The number of methoxy groups -OCH3 is 1. The molecule has 1 aliphatic carbocycles. The minimum Gasteiger partial charge on any atom is -0.504 e. The van der Waals surface area contributed by atoms with Gasteiger partial charge in [0.2, 0.25) is 5.91 Å². The van der Waals surface area contributed by atoms with Gasteiger partial charge in [-0.1, -0.05) is 0 Å². The third kappa shape index (κ3) is 2.96. The predicted molar refractivity (Wildman–Crippen MR) is 63.1 cm³/mol. The second-order valence-electron chi connectivity index (χ2n) is 3.94. The van der Waals surface area contributed by atoms with Crippen LogP contribution in [0.25, 0.3) is 0 Å². The number of hydrogen-bond acceptors (Lipinski definition) is 4. The van der Waals surface area contributed by atoms with Crippen LogP contribution in [0.5, 0.6) is 11.5 Å². The van der Waals surface area contributed by atoms with Crippen LogP contribution in [0.1, 0.15) is 18.4 Å². The SMILES string of the molecule is COc1cc(/C=N/NC(=O)C2CC2)ccc1O. The number of phenolic OH excluding ortho intramolecular Hbond substituents is 1. The zero-order chi connectivity index (χ0) is 12.3. The Morgan fingerprint density at radius 3 is 3.00 bits per heavy atom. The Hall–Kier alpha value is -2.04. The van der Waals surface area contributed by atoms with E-state index in [-0.39, 0.29) is 17.6 Å². The van der Waals surface area contributed by atoms with Gasteiger partial charge in [0.15, 0.2) is 11.5 Å². The number of nitrogens with one attached hydrogen (secondary N) is 1. The minimum absolute atomic E-state index is 0.0352. The standard InChI is InChI=1S/C12H14N2O3/c1-17-11-6-8(2-5-10(11)15)7-13-14-12(16)9-3-4-9/h2,5-7,9,15H,3-4H2,1H3,(H,14,16)/b13-7+. The zero-order valence-corrected chi connectivity index (χ0v) is 9.51. The van der Waals surface area contributed by atoms with Crippen molar-refractivity contribution in [3.8, 4) is 11.5 Å². The predicted octanol–water partition coefficient (Wildman–Crippen LogP) is 1.26. The van der Waals surface area contributed by atoms with Gasteiger partial charge in [0.05, 0.1) is 13.3 Å². The van der Waals surface area contributed by atoms with Gasteiger partial charge < -0.3 is 9.84 Å². The Kier molecular flexibility index (Phi) is 3.27. The molecule has 1 amide bonds. The van der Waals surface area contributed by atoms with Crippen LogP contribution in [0.3, 0.4) is 0 Å². The molecule has 1 aromatic rings. The van der Waals surface area contributed by atoms with E-state index in [0.717, 1.165) is 18.4 Å². The van der Waals surface area contributed by atoms with E-state index < -0.39 is 0 Å². The number of benzene rings is 1. The van der Waals surface area contributed by atoms with Crippen LogP contribution in [0, 0.1) is 5.92 Å². The average molecular weight is 234 g/mol. The highest BCUT2D eigenvalue weighted by Crippen LogP contribution is 2.28. The highest BCUT2D eigenvalue weighted by Gasteiger charge is 2.29. The van der Waals surface area contributed by atoms with Gasteiger partial charge in [-0.15, -0.1) is 0 Å². The molecule has 0 spiro atoms. The number of amides is 1. The zero-order valence-electron chi connectivity index (χ0n) is 9.51. The molecule has 0 radical (unpaired) electrons. The van der Waals surface area contributed by atoms with Gasteiger partial charge in [0, 0.05) is 5.92 Å². The van der Waals surface area contributed by atoms with E-state index in [2.05, 4.69) is 10.5 Å². The Labute approximate surface area is 99.1 Å². The molecule has 0 bridgehead atoms. The topological polar surface area (TPSA) is 70.9 Å². The number of aromatic hydroxyl groups is 1. The van der Waals surface area contributed by atoms with Gasteiger partial charge in [-0.05, 0) is 36.6 Å². The number of phenols is 1. The fourth-order valence-corrected chi connectivity index (χ4v) is 1.38. The lowest BCUT2D eigenvalue weighted by atomic mass is 10.2. The molecule has 2 N–H and O–H groups in total. The fourth-order valence-electron chi connectivity index (χ4n) is 1.38. The molecule has 1 fully saturated rings. The number of nitrogens with zero attached hydrogens (tertiary/aromatic N) is 1. The summed E-state index contributed by atoms with van der Waals surface area (Å²) in [6.45, 7) is 0. The quantitative estimate of drug-likeness (QED) is 0.608. The summed E-state index contributed by atoms with van der Waals surface area (Å²) < 4.78 is 4.96. The monoisotopic (exact) mass is 234 g/mol. The molecule has 0 atom stereocenters. The molecule has 2 rings (SSSR count). The Morgan fingerprint density at radius 1 is 1.59 bits per heavy atom. The molecular weight excluding hydrogens is 220 g/mol. The van der Waals surface area contributed by atoms with Gasteiger partial charge in [-0.25, -0.2) is 5.43 Å². The summed E-state index contributed by atoms with van der Waals surface area (Å²) in [5.74, 6) is 0.558. The Bertz CT molecular complexity index is 453. The maximum absolute atomic E-state index is 11.3. The van der Waals surface area contributed by atoms with Crippen LogP contribution < -0.4 is 10.2 Å². The minimum atomic E-state index is -0.0352. The van der Waals surface area contributed by atoms with Crippen molar-refractivity contribution in [3.05, 3.63) is 23.8 Å². The van der Waals surface area contributed by atoms with Crippen LogP contribution in [-0.2, 0) is 4.79 Å². The Balaban J connectivity index is 1.97. The van der Waals surface area contributed by atoms with Crippen LogP contribution >= 0.6 is 0 Å². The van der Waals surface area contributed by atoms with Gasteiger partial charge in [0.1, 0.15) is 0 Å². The van der Waals surface area contributed by atoms with Gasteiger partial charge in [-0.3, -0.25) is 4.79 Å². The van der Waals surface area contributed by atoms with Crippen LogP contribution in [0.2, 0.25) is 0 Å². The summed E-state index contributed by atoms with van der Waals surface area (Å²) in [7, 11) is 1.48. The van der Waals surface area contributed by atoms with Gasteiger partial charge in [-0.2, -0.15) is 5.10 Å². The van der Waals surface area contributed by atoms with Crippen molar-refractivity contribution in [2.75, 3.05) is 7.11 Å². The molecule has 0 saturated heterocycles. The molecule has 5 nitrogen and oxygen atoms in total. The molecule has 90 valence electrons. The molecule has 1 aliphatic rings. The number of hydrogen-bond donors (Lipinski definition) is 2. The van der Waals surface area contributed by atoms with E-state index in [1.165, 1.54) is 19.4 Å². The summed E-state index contributed by atoms with van der Waals surface area (Å²) in [5.41, 5.74) is 3.22. The normalized spacial score (nSPS) is 14.9. The maximum atomic E-state index is 11.3. The first-order valence-corrected chi connectivity index (χ1v) is 5.40. The molecule has 5 heteroatoms. The van der Waals surface area contributed by atoms with Crippen molar-refractivity contribution in [2.24, 2.45) is 11.0 Å². The summed E-state index contributed by atoms with van der Waals surface area (Å²) >= 11 is 0. The van der Waals surface area contributed by atoms with Crippen molar-refractivity contribution >= 4 is 12.1 Å². The Morgan fingerprint density at radius 2 is 2.35 bits per heavy atom. The first-order chi connectivity index (χ1) is 8.20. The van der Waals surface area contributed by atoms with E-state index in [9.17, 15) is 9.90 Å². The molecule has 0 heterocycles. The van der Waals surface area contributed by atoms with E-state index in [4.69, 9.17) is 4.74 Å². The third-order valence-electron chi connectivity index (χ3n) is 2.54. The van der Waals surface area contributed by atoms with Crippen molar-refractivity contribution in [2.45, 2.75) is 12.8 Å². The highest BCUT2D eigenvalue weighted by atomic mass is 16.5. The lowest BCUT2D eigenvalue weighted by Crippen LogP contribution is -2.18. The first-order valence-electron chi connectivity index (χ1n) is 5.40. The summed E-state index contributed by atoms with van der Waals surface area (Å²) in [6.07, 6.45) is 3.42. The largest absolute Gasteiger partial charge is 0.504 e. The molecule has 1 saturated carbocycles. The summed E-state index contributed by atoms with van der Waals surface area (Å²) in [4.78, 5) is 11.3. The fraction of sp³-hybridized carbons (Fsp3) is 0.333. The first kappa shape index (κ1) is 11.4. The maximum Gasteiger partial charge on any atom is 0.243 e. The second kappa shape index (κ2) is 4.86. The smallest absolute Gasteiger partial charge is 0.243 e. The highest BCUT2D eigenvalue weighted by molar-refractivity contribution is 5.84. The molecule has 17 heavy (non-hydrogen) atoms. The van der Waals surface area contributed by atoms with Gasteiger partial charge >= 0.3 is 0 Å². The van der Waals surface area contributed by atoms with E-state index in [1.807, 2.05) is 0 Å². The second-order valence-corrected chi connectivity index (χ2v) is 3.94. The lowest BCUT2D eigenvalue weighted by molar-refractivity contribution is -0.122. The van der Waals surface area contributed by atoms with E-state index >= 15 is 0 Å². The van der Waals surface area contributed by atoms with Gasteiger partial charge in [0.25, 0.3) is 0 Å².